The highest BCUT2D eigenvalue weighted by Crippen LogP contribution is 2.74. The van der Waals surface area contributed by atoms with Gasteiger partial charge in [-0.05, 0) is 67.1 Å². The van der Waals surface area contributed by atoms with Crippen molar-refractivity contribution in [1.29, 1.82) is 0 Å². The summed E-state index contributed by atoms with van der Waals surface area (Å²) in [6.45, 7) is 9.09. The largest absolute Gasteiger partial charge is 0.368 e. The minimum absolute atomic E-state index is 0.0838. The minimum atomic E-state index is -0.332. The van der Waals surface area contributed by atoms with Crippen molar-refractivity contribution in [2.75, 3.05) is 13.2 Å². The van der Waals surface area contributed by atoms with Gasteiger partial charge >= 0.3 is 0 Å². The fourth-order valence-corrected chi connectivity index (χ4v) is 8.73. The van der Waals surface area contributed by atoms with E-state index < -0.39 is 0 Å². The molecule has 9 atom stereocenters. The maximum atomic E-state index is 6.53. The summed E-state index contributed by atoms with van der Waals surface area (Å²) in [6.07, 6.45) is 10.4. The Hall–Kier alpha value is -0.120. The van der Waals surface area contributed by atoms with Crippen LogP contribution in [0.2, 0.25) is 0 Å². The maximum Gasteiger partial charge on any atom is 0.176 e. The molecule has 4 aliphatic carbocycles. The summed E-state index contributed by atoms with van der Waals surface area (Å²) in [4.78, 5) is 0. The molecule has 0 aromatic rings. The summed E-state index contributed by atoms with van der Waals surface area (Å²) in [6, 6.07) is 0. The van der Waals surface area contributed by atoms with Gasteiger partial charge in [-0.3, -0.25) is 0 Å². The van der Waals surface area contributed by atoms with Gasteiger partial charge in [0.2, 0.25) is 0 Å². The van der Waals surface area contributed by atoms with Crippen molar-refractivity contribution in [2.24, 2.45) is 40.4 Å². The highest BCUT2D eigenvalue weighted by atomic mass is 16.7. The van der Waals surface area contributed by atoms with Gasteiger partial charge in [0.25, 0.3) is 0 Å². The van der Waals surface area contributed by atoms with E-state index in [2.05, 4.69) is 20.8 Å². The van der Waals surface area contributed by atoms with Crippen LogP contribution in [0.5, 0.6) is 0 Å². The van der Waals surface area contributed by atoms with E-state index >= 15 is 0 Å². The fourth-order valence-electron chi connectivity index (χ4n) is 8.73. The van der Waals surface area contributed by atoms with Crippen molar-refractivity contribution in [2.45, 2.75) is 83.7 Å². The number of epoxide rings is 1. The predicted octanol–water partition coefficient (Wildman–Crippen LogP) is 4.40. The second-order valence-corrected chi connectivity index (χ2v) is 10.7. The SMILES string of the molecule is C[C@@H]1CC[C@]2(C)C3C(CC[C@@H]2C1)C1CCC2(OCCO2)[C@@]1(C)[C@H]1O[C@@H]31. The Balaban J connectivity index is 1.38. The highest BCUT2D eigenvalue weighted by molar-refractivity contribution is 5.23. The molecular formula is C22H34O3. The van der Waals surface area contributed by atoms with Crippen LogP contribution in [-0.4, -0.2) is 31.2 Å². The van der Waals surface area contributed by atoms with Crippen molar-refractivity contribution in [1.82, 2.24) is 0 Å². The summed E-state index contributed by atoms with van der Waals surface area (Å²) >= 11 is 0. The number of rotatable bonds is 0. The Bertz CT molecular complexity index is 584. The first kappa shape index (κ1) is 15.9. The molecule has 6 fully saturated rings. The van der Waals surface area contributed by atoms with E-state index in [-0.39, 0.29) is 11.2 Å². The Kier molecular flexibility index (Phi) is 3.07. The highest BCUT2D eigenvalue weighted by Gasteiger charge is 2.78. The first-order valence-corrected chi connectivity index (χ1v) is 10.9. The summed E-state index contributed by atoms with van der Waals surface area (Å²) in [5, 5.41) is 0. The molecule has 140 valence electrons. The third-order valence-corrected chi connectivity index (χ3v) is 9.98. The molecule has 6 rings (SSSR count). The molecule has 3 heteroatoms. The Labute approximate surface area is 152 Å². The monoisotopic (exact) mass is 346 g/mol. The van der Waals surface area contributed by atoms with E-state index in [9.17, 15) is 0 Å². The lowest BCUT2D eigenvalue weighted by atomic mass is 9.44. The van der Waals surface area contributed by atoms with Gasteiger partial charge in [-0.2, -0.15) is 0 Å². The Morgan fingerprint density at radius 2 is 1.72 bits per heavy atom. The van der Waals surface area contributed by atoms with Gasteiger partial charge in [-0.25, -0.2) is 0 Å². The summed E-state index contributed by atoms with van der Waals surface area (Å²) in [5.74, 6) is 3.88. The van der Waals surface area contributed by atoms with Crippen molar-refractivity contribution in [3.8, 4) is 0 Å². The normalized spacial score (nSPS) is 61.3. The molecule has 1 spiro atoms. The maximum absolute atomic E-state index is 6.53. The molecule has 6 aliphatic rings. The molecule has 0 N–H and O–H groups in total. The summed E-state index contributed by atoms with van der Waals surface area (Å²) < 4.78 is 19.1. The standard InChI is InChI=1S/C22H34O3/c1-13-6-8-20(2)14(12-13)4-5-15-16-7-9-22(23-10-11-24-22)21(16,3)19-18(25-19)17(15)20/h13-19H,4-12H2,1-3H3/t13-,14-,15?,16?,17?,18+,19+,20+,21-/m1/s1. The molecule has 0 aromatic heterocycles. The molecule has 4 saturated carbocycles. The summed E-state index contributed by atoms with van der Waals surface area (Å²) in [7, 11) is 0. The zero-order valence-corrected chi connectivity index (χ0v) is 16.1. The van der Waals surface area contributed by atoms with Crippen LogP contribution >= 0.6 is 0 Å². The molecule has 0 amide bonds. The quantitative estimate of drug-likeness (QED) is 0.609. The van der Waals surface area contributed by atoms with E-state index in [1.807, 2.05) is 0 Å². The lowest BCUT2D eigenvalue weighted by Crippen LogP contribution is -2.60. The molecule has 3 unspecified atom stereocenters. The van der Waals surface area contributed by atoms with Crippen LogP contribution in [0.1, 0.15) is 65.7 Å². The molecular weight excluding hydrogens is 312 g/mol. The van der Waals surface area contributed by atoms with Crippen LogP contribution in [0.25, 0.3) is 0 Å². The van der Waals surface area contributed by atoms with Gasteiger partial charge in [0.15, 0.2) is 5.79 Å². The predicted molar refractivity (Wildman–Crippen MR) is 95.0 cm³/mol. The van der Waals surface area contributed by atoms with Crippen LogP contribution in [-0.2, 0) is 14.2 Å². The third-order valence-electron chi connectivity index (χ3n) is 9.98. The number of hydrogen-bond donors (Lipinski definition) is 0. The van der Waals surface area contributed by atoms with Crippen molar-refractivity contribution >= 4 is 0 Å². The van der Waals surface area contributed by atoms with Crippen LogP contribution in [0.3, 0.4) is 0 Å². The smallest absolute Gasteiger partial charge is 0.176 e. The van der Waals surface area contributed by atoms with Crippen LogP contribution in [0, 0.1) is 40.4 Å². The zero-order chi connectivity index (χ0) is 17.0. The van der Waals surface area contributed by atoms with Crippen molar-refractivity contribution < 1.29 is 14.2 Å². The molecule has 2 heterocycles. The first-order chi connectivity index (χ1) is 12.0. The van der Waals surface area contributed by atoms with Gasteiger partial charge in [0, 0.05) is 6.42 Å². The second kappa shape index (κ2) is 4.83. The first-order valence-electron chi connectivity index (χ1n) is 10.9. The van der Waals surface area contributed by atoms with Crippen LogP contribution in [0.4, 0.5) is 0 Å². The lowest BCUT2D eigenvalue weighted by molar-refractivity contribution is -0.242. The molecule has 2 saturated heterocycles. The van der Waals surface area contributed by atoms with Crippen molar-refractivity contribution in [3.05, 3.63) is 0 Å². The van der Waals surface area contributed by atoms with Crippen LogP contribution < -0.4 is 0 Å². The number of fused-ring (bicyclic) bond motifs is 9. The fraction of sp³-hybridized carbons (Fsp3) is 1.00. The molecule has 2 aliphatic heterocycles. The van der Waals surface area contributed by atoms with Gasteiger partial charge in [-0.1, -0.05) is 27.2 Å². The Morgan fingerprint density at radius 3 is 2.52 bits per heavy atom. The minimum Gasteiger partial charge on any atom is -0.368 e. The average molecular weight is 347 g/mol. The summed E-state index contributed by atoms with van der Waals surface area (Å²) in [5.41, 5.74) is 0.601. The topological polar surface area (TPSA) is 31.0 Å². The van der Waals surface area contributed by atoms with Gasteiger partial charge < -0.3 is 14.2 Å². The van der Waals surface area contributed by atoms with Crippen molar-refractivity contribution in [3.63, 3.8) is 0 Å². The number of hydrogen-bond acceptors (Lipinski definition) is 3. The second-order valence-electron chi connectivity index (χ2n) is 10.7. The number of ether oxygens (including phenoxy) is 3. The van der Waals surface area contributed by atoms with Gasteiger partial charge in [0.1, 0.15) is 0 Å². The molecule has 0 radical (unpaired) electrons. The van der Waals surface area contributed by atoms with Gasteiger partial charge in [-0.15, -0.1) is 0 Å². The van der Waals surface area contributed by atoms with E-state index in [4.69, 9.17) is 14.2 Å². The van der Waals surface area contributed by atoms with Crippen LogP contribution in [0.15, 0.2) is 0 Å². The molecule has 0 bridgehead atoms. The average Bonchev–Trinajstić information content (AvgIpc) is 3.15. The van der Waals surface area contributed by atoms with E-state index in [0.29, 0.717) is 17.6 Å². The third kappa shape index (κ3) is 1.75. The lowest BCUT2D eigenvalue weighted by Gasteiger charge is -2.59. The molecule has 3 nitrogen and oxygen atoms in total. The van der Waals surface area contributed by atoms with E-state index in [0.717, 1.165) is 49.2 Å². The van der Waals surface area contributed by atoms with E-state index in [1.165, 1.54) is 38.5 Å². The zero-order valence-electron chi connectivity index (χ0n) is 16.1. The Morgan fingerprint density at radius 1 is 0.920 bits per heavy atom. The molecule has 25 heavy (non-hydrogen) atoms. The van der Waals surface area contributed by atoms with Gasteiger partial charge in [0.05, 0.1) is 30.8 Å². The molecule has 0 aromatic carbocycles. The van der Waals surface area contributed by atoms with E-state index in [1.54, 1.807) is 0 Å².